The van der Waals surface area contributed by atoms with Crippen LogP contribution in [0.1, 0.15) is 58.7 Å². The Balaban J connectivity index is 1.80. The summed E-state index contributed by atoms with van der Waals surface area (Å²) in [5.74, 6) is -0.177. The summed E-state index contributed by atoms with van der Waals surface area (Å²) in [6.07, 6.45) is 1.06. The van der Waals surface area contributed by atoms with Crippen LogP contribution in [0.3, 0.4) is 0 Å². The number of carboxylic acid groups (broad SMARTS) is 2. The van der Waals surface area contributed by atoms with E-state index in [4.69, 9.17) is 16.3 Å². The summed E-state index contributed by atoms with van der Waals surface area (Å²) in [6.45, 7) is 11.4. The summed E-state index contributed by atoms with van der Waals surface area (Å²) >= 11 is 7.86. The van der Waals surface area contributed by atoms with Gasteiger partial charge in [-0.1, -0.05) is 44.5 Å². The highest BCUT2D eigenvalue weighted by atomic mass is 35.5. The molecule has 2 aromatic carbocycles. The van der Waals surface area contributed by atoms with E-state index in [2.05, 4.69) is 25.3 Å². The zero-order valence-corrected chi connectivity index (χ0v) is 24.7. The third kappa shape index (κ3) is 6.84. The molecule has 1 saturated heterocycles. The van der Waals surface area contributed by atoms with E-state index in [0.29, 0.717) is 36.9 Å². The molecule has 1 fully saturated rings. The van der Waals surface area contributed by atoms with Gasteiger partial charge in [-0.2, -0.15) is 0 Å². The number of hydrogen-bond acceptors (Lipinski definition) is 4. The van der Waals surface area contributed by atoms with Crippen LogP contribution in [0, 0.1) is 5.41 Å². The van der Waals surface area contributed by atoms with Gasteiger partial charge in [0.2, 0.25) is 0 Å². The predicted octanol–water partition coefficient (Wildman–Crippen LogP) is 7.41. The number of carbonyl (C=O) groups is 2. The molecule has 2 N–H and O–H groups in total. The molecule has 0 unspecified atom stereocenters. The molecule has 7 nitrogen and oxygen atoms in total. The SMILES string of the molecule is CC(C)(C)Sc1c(CC(C)(C)C(=O)O)n(Cc2ccc(Cl)cc2)c2ccc(OC[C@@H]3CCCN3C(=O)O)cc12. The first-order valence-corrected chi connectivity index (χ1v) is 14.4. The van der Waals surface area contributed by atoms with E-state index in [1.54, 1.807) is 25.6 Å². The van der Waals surface area contributed by atoms with E-state index in [1.165, 1.54) is 4.90 Å². The first kappa shape index (κ1) is 29.2. The number of amides is 1. The fourth-order valence-electron chi connectivity index (χ4n) is 4.94. The number of fused-ring (bicyclic) bond motifs is 1. The van der Waals surface area contributed by atoms with E-state index in [9.17, 15) is 19.8 Å². The third-order valence-corrected chi connectivity index (χ3v) is 8.53. The lowest BCUT2D eigenvalue weighted by molar-refractivity contribution is -0.146. The Morgan fingerprint density at radius 3 is 2.38 bits per heavy atom. The van der Waals surface area contributed by atoms with Crippen molar-refractivity contribution in [2.24, 2.45) is 5.41 Å². The van der Waals surface area contributed by atoms with Gasteiger partial charge in [-0.3, -0.25) is 4.79 Å². The van der Waals surface area contributed by atoms with Crippen molar-refractivity contribution in [2.45, 2.75) is 76.1 Å². The van der Waals surface area contributed by atoms with E-state index in [0.717, 1.165) is 39.9 Å². The van der Waals surface area contributed by atoms with Crippen molar-refractivity contribution in [3.63, 3.8) is 0 Å². The van der Waals surface area contributed by atoms with Crippen LogP contribution in [0.15, 0.2) is 47.4 Å². The highest BCUT2D eigenvalue weighted by Crippen LogP contribution is 2.44. The van der Waals surface area contributed by atoms with Gasteiger partial charge in [0.1, 0.15) is 12.4 Å². The van der Waals surface area contributed by atoms with Crippen molar-refractivity contribution < 1.29 is 24.5 Å². The maximum absolute atomic E-state index is 12.2. The fraction of sp³-hybridized carbons (Fsp3) is 0.467. The molecule has 2 heterocycles. The first-order valence-electron chi connectivity index (χ1n) is 13.2. The Bertz CT molecular complexity index is 1360. The molecule has 1 aliphatic rings. The normalized spacial score (nSPS) is 16.2. The van der Waals surface area contributed by atoms with Crippen molar-refractivity contribution in [2.75, 3.05) is 13.2 Å². The van der Waals surface area contributed by atoms with Gasteiger partial charge in [-0.05, 0) is 62.6 Å². The van der Waals surface area contributed by atoms with E-state index >= 15 is 0 Å². The van der Waals surface area contributed by atoms with E-state index in [-0.39, 0.29) is 10.8 Å². The highest BCUT2D eigenvalue weighted by molar-refractivity contribution is 8.00. The van der Waals surface area contributed by atoms with Crippen molar-refractivity contribution >= 4 is 46.3 Å². The minimum absolute atomic E-state index is 0.121. The Kier molecular flexibility index (Phi) is 8.47. The molecule has 4 rings (SSSR count). The van der Waals surface area contributed by atoms with Gasteiger partial charge in [-0.25, -0.2) is 4.79 Å². The second kappa shape index (κ2) is 11.3. The molecule has 0 saturated carbocycles. The van der Waals surface area contributed by atoms with Crippen molar-refractivity contribution in [3.8, 4) is 5.75 Å². The molecule has 0 radical (unpaired) electrons. The van der Waals surface area contributed by atoms with Gasteiger partial charge < -0.3 is 24.4 Å². The summed E-state index contributed by atoms with van der Waals surface area (Å²) in [6, 6.07) is 13.5. The fourth-order valence-corrected chi connectivity index (χ4v) is 6.25. The number of carboxylic acids is 1. The topological polar surface area (TPSA) is 92.0 Å². The Hall–Kier alpha value is -2.84. The van der Waals surface area contributed by atoms with Crippen molar-refractivity contribution in [1.29, 1.82) is 0 Å². The van der Waals surface area contributed by atoms with Gasteiger partial charge in [0.25, 0.3) is 0 Å². The Morgan fingerprint density at radius 2 is 1.77 bits per heavy atom. The summed E-state index contributed by atoms with van der Waals surface area (Å²) in [4.78, 5) is 26.2. The quantitative estimate of drug-likeness (QED) is 0.259. The molecule has 3 aromatic rings. The zero-order valence-electron chi connectivity index (χ0n) is 23.2. The van der Waals surface area contributed by atoms with Crippen LogP contribution >= 0.6 is 23.4 Å². The Labute approximate surface area is 239 Å². The van der Waals surface area contributed by atoms with Crippen LogP contribution in [0.4, 0.5) is 4.79 Å². The van der Waals surface area contributed by atoms with Crippen LogP contribution in [0.5, 0.6) is 5.75 Å². The molecule has 1 atom stereocenters. The number of likely N-dealkylation sites (tertiary alicyclic amines) is 1. The first-order chi connectivity index (χ1) is 18.2. The van der Waals surface area contributed by atoms with Gasteiger partial charge in [-0.15, -0.1) is 11.8 Å². The maximum Gasteiger partial charge on any atom is 0.407 e. The maximum atomic E-state index is 12.2. The Morgan fingerprint density at radius 1 is 1.08 bits per heavy atom. The van der Waals surface area contributed by atoms with E-state index < -0.39 is 17.5 Å². The molecule has 1 amide bonds. The molecule has 9 heteroatoms. The average Bonchev–Trinajstić information content (AvgIpc) is 3.42. The van der Waals surface area contributed by atoms with Crippen LogP contribution in [0.25, 0.3) is 10.9 Å². The number of nitrogens with zero attached hydrogens (tertiary/aromatic N) is 2. The third-order valence-electron chi connectivity index (χ3n) is 7.01. The lowest BCUT2D eigenvalue weighted by atomic mass is 9.88. The zero-order chi connectivity index (χ0) is 28.5. The largest absolute Gasteiger partial charge is 0.491 e. The molecule has 210 valence electrons. The number of thioether (sulfide) groups is 1. The van der Waals surface area contributed by atoms with Crippen molar-refractivity contribution in [1.82, 2.24) is 9.47 Å². The number of aliphatic carboxylic acids is 1. The van der Waals surface area contributed by atoms with Gasteiger partial charge in [0, 0.05) is 50.8 Å². The highest BCUT2D eigenvalue weighted by Gasteiger charge is 2.33. The summed E-state index contributed by atoms with van der Waals surface area (Å²) in [5, 5.41) is 21.1. The summed E-state index contributed by atoms with van der Waals surface area (Å²) in [5.41, 5.74) is 2.06. The predicted molar refractivity (Wildman–Crippen MR) is 156 cm³/mol. The molecular weight excluding hydrogens is 536 g/mol. The van der Waals surface area contributed by atoms with Crippen LogP contribution in [-0.4, -0.2) is 55.7 Å². The average molecular weight is 573 g/mol. The lowest BCUT2D eigenvalue weighted by Crippen LogP contribution is -2.37. The number of aromatic nitrogens is 1. The molecule has 39 heavy (non-hydrogen) atoms. The molecule has 0 spiro atoms. The van der Waals surface area contributed by atoms with Crippen LogP contribution in [0.2, 0.25) is 5.02 Å². The number of rotatable bonds is 9. The molecule has 0 bridgehead atoms. The number of halogens is 1. The minimum atomic E-state index is -0.971. The van der Waals surface area contributed by atoms with Crippen LogP contribution in [-0.2, 0) is 17.8 Å². The second-order valence-electron chi connectivity index (χ2n) is 11.8. The number of ether oxygens (including phenoxy) is 1. The number of hydrogen-bond donors (Lipinski definition) is 2. The van der Waals surface area contributed by atoms with Crippen LogP contribution < -0.4 is 4.74 Å². The smallest absolute Gasteiger partial charge is 0.407 e. The lowest BCUT2D eigenvalue weighted by Gasteiger charge is -2.24. The van der Waals surface area contributed by atoms with Gasteiger partial charge in [0.05, 0.1) is 11.5 Å². The summed E-state index contributed by atoms with van der Waals surface area (Å²) in [7, 11) is 0. The number of benzene rings is 2. The second-order valence-corrected chi connectivity index (χ2v) is 14.1. The molecule has 0 aliphatic carbocycles. The summed E-state index contributed by atoms with van der Waals surface area (Å²) < 4.78 is 8.24. The van der Waals surface area contributed by atoms with Gasteiger partial charge in [0.15, 0.2) is 0 Å². The minimum Gasteiger partial charge on any atom is -0.491 e. The molecule has 1 aliphatic heterocycles. The van der Waals surface area contributed by atoms with E-state index in [1.807, 2.05) is 42.5 Å². The van der Waals surface area contributed by atoms with Gasteiger partial charge >= 0.3 is 12.1 Å². The van der Waals surface area contributed by atoms with Crippen molar-refractivity contribution in [3.05, 3.63) is 58.7 Å². The molecular formula is C30H37ClN2O5S. The monoisotopic (exact) mass is 572 g/mol. The standard InChI is InChI=1S/C30H37ClN2O5S/c1-29(2,3)39-26-23-15-22(38-18-21-7-6-14-32(21)28(36)37)12-13-24(23)33(17-19-8-10-20(31)11-9-19)25(26)16-30(4,5)27(34)35/h8-13,15,21H,6-7,14,16-18H2,1-5H3,(H,34,35)(H,36,37)/t21-/m0/s1. The molecule has 1 aromatic heterocycles.